The maximum Gasteiger partial charge on any atom is 0.241 e. The standard InChI is InChI=1S/C13H21NO3S/c1-4-11-5-7-12(8-6-11)18(16,17)14-13(2,3)9-10-15/h5-8,14-15H,4,9-10H2,1-3H3. The first kappa shape index (κ1) is 15.1. The maximum absolute atomic E-state index is 12.1. The van der Waals surface area contributed by atoms with Crippen LogP contribution in [0.25, 0.3) is 0 Å². The molecule has 0 unspecified atom stereocenters. The third kappa shape index (κ3) is 4.08. The van der Waals surface area contributed by atoms with Crippen molar-refractivity contribution in [1.82, 2.24) is 4.72 Å². The summed E-state index contributed by atoms with van der Waals surface area (Å²) in [5.74, 6) is 0. The maximum atomic E-state index is 12.1. The minimum absolute atomic E-state index is 0.0513. The Morgan fingerprint density at radius 2 is 1.78 bits per heavy atom. The molecule has 1 rings (SSSR count). The van der Waals surface area contributed by atoms with Crippen LogP contribution in [0.4, 0.5) is 0 Å². The van der Waals surface area contributed by atoms with Gasteiger partial charge < -0.3 is 5.11 Å². The summed E-state index contributed by atoms with van der Waals surface area (Å²) >= 11 is 0. The van der Waals surface area contributed by atoms with Gasteiger partial charge >= 0.3 is 0 Å². The third-order valence-electron chi connectivity index (χ3n) is 2.79. The molecule has 0 radical (unpaired) electrons. The van der Waals surface area contributed by atoms with Gasteiger partial charge in [0.15, 0.2) is 0 Å². The minimum Gasteiger partial charge on any atom is -0.396 e. The number of aliphatic hydroxyl groups excluding tert-OH is 1. The predicted octanol–water partition coefficient (Wildman–Crippen LogP) is 1.69. The molecule has 0 aromatic heterocycles. The molecule has 0 aliphatic rings. The molecule has 1 aromatic rings. The van der Waals surface area contributed by atoms with Crippen molar-refractivity contribution in [1.29, 1.82) is 0 Å². The zero-order chi connectivity index (χ0) is 13.8. The first-order valence-electron chi connectivity index (χ1n) is 6.04. The van der Waals surface area contributed by atoms with Crippen LogP contribution < -0.4 is 4.72 Å². The Labute approximate surface area is 109 Å². The summed E-state index contributed by atoms with van der Waals surface area (Å²) in [6, 6.07) is 6.84. The molecule has 0 atom stereocenters. The van der Waals surface area contributed by atoms with Gasteiger partial charge in [0.2, 0.25) is 10.0 Å². The number of hydrogen-bond acceptors (Lipinski definition) is 3. The molecular formula is C13H21NO3S. The topological polar surface area (TPSA) is 66.4 Å². The first-order chi connectivity index (χ1) is 8.30. The molecule has 0 aliphatic heterocycles. The number of sulfonamides is 1. The highest BCUT2D eigenvalue weighted by molar-refractivity contribution is 7.89. The monoisotopic (exact) mass is 271 g/mol. The van der Waals surface area contributed by atoms with Gasteiger partial charge in [0.05, 0.1) is 4.90 Å². The summed E-state index contributed by atoms with van der Waals surface area (Å²) < 4.78 is 26.9. The Kier molecular flexibility index (Phi) is 4.90. The van der Waals surface area contributed by atoms with Crippen LogP contribution in [0.1, 0.15) is 32.8 Å². The number of hydrogen-bond donors (Lipinski definition) is 2. The van der Waals surface area contributed by atoms with Crippen LogP contribution in [-0.2, 0) is 16.4 Å². The highest BCUT2D eigenvalue weighted by Crippen LogP contribution is 2.16. The van der Waals surface area contributed by atoms with Crippen LogP contribution in [0, 0.1) is 0 Å². The van der Waals surface area contributed by atoms with Gasteiger partial charge in [0, 0.05) is 12.1 Å². The average Bonchev–Trinajstić information content (AvgIpc) is 2.27. The van der Waals surface area contributed by atoms with E-state index in [1.165, 1.54) is 0 Å². The Morgan fingerprint density at radius 3 is 2.22 bits per heavy atom. The Bertz CT molecular complexity index is 477. The highest BCUT2D eigenvalue weighted by Gasteiger charge is 2.25. The lowest BCUT2D eigenvalue weighted by Crippen LogP contribution is -2.43. The predicted molar refractivity (Wildman–Crippen MR) is 71.9 cm³/mol. The molecule has 102 valence electrons. The number of aliphatic hydroxyl groups is 1. The zero-order valence-corrected chi connectivity index (χ0v) is 11.9. The second-order valence-corrected chi connectivity index (χ2v) is 6.64. The van der Waals surface area contributed by atoms with Crippen molar-refractivity contribution in [3.63, 3.8) is 0 Å². The average molecular weight is 271 g/mol. The van der Waals surface area contributed by atoms with Crippen LogP contribution >= 0.6 is 0 Å². The number of benzene rings is 1. The lowest BCUT2D eigenvalue weighted by molar-refractivity contribution is 0.246. The van der Waals surface area contributed by atoms with Crippen LogP contribution in [-0.4, -0.2) is 25.7 Å². The molecule has 4 nitrogen and oxygen atoms in total. The van der Waals surface area contributed by atoms with Crippen molar-refractivity contribution < 1.29 is 13.5 Å². The van der Waals surface area contributed by atoms with E-state index in [-0.39, 0.29) is 11.5 Å². The summed E-state index contributed by atoms with van der Waals surface area (Å²) in [6.07, 6.45) is 1.25. The molecule has 0 aliphatic carbocycles. The molecule has 2 N–H and O–H groups in total. The summed E-state index contributed by atoms with van der Waals surface area (Å²) in [4.78, 5) is 0.255. The van der Waals surface area contributed by atoms with E-state index in [1.807, 2.05) is 19.1 Å². The van der Waals surface area contributed by atoms with Crippen molar-refractivity contribution in [2.45, 2.75) is 44.0 Å². The van der Waals surface area contributed by atoms with Crippen LogP contribution in [0.5, 0.6) is 0 Å². The van der Waals surface area contributed by atoms with Gasteiger partial charge in [-0.15, -0.1) is 0 Å². The summed E-state index contributed by atoms with van der Waals surface area (Å²) in [6.45, 7) is 5.47. The van der Waals surface area contributed by atoms with Gasteiger partial charge in [0.25, 0.3) is 0 Å². The quantitative estimate of drug-likeness (QED) is 0.827. The van der Waals surface area contributed by atoms with Gasteiger partial charge in [-0.25, -0.2) is 13.1 Å². The molecule has 0 saturated carbocycles. The highest BCUT2D eigenvalue weighted by atomic mass is 32.2. The van der Waals surface area contributed by atoms with Gasteiger partial charge in [-0.3, -0.25) is 0 Å². The molecule has 18 heavy (non-hydrogen) atoms. The van der Waals surface area contributed by atoms with E-state index >= 15 is 0 Å². The van der Waals surface area contributed by atoms with Crippen LogP contribution in [0.3, 0.4) is 0 Å². The molecule has 0 spiro atoms. The van der Waals surface area contributed by atoms with Gasteiger partial charge in [-0.05, 0) is 44.4 Å². The first-order valence-corrected chi connectivity index (χ1v) is 7.53. The van der Waals surface area contributed by atoms with E-state index in [1.54, 1.807) is 26.0 Å². The van der Waals surface area contributed by atoms with Crippen molar-refractivity contribution in [3.8, 4) is 0 Å². The molecule has 0 fully saturated rings. The number of rotatable bonds is 6. The zero-order valence-electron chi connectivity index (χ0n) is 11.1. The SMILES string of the molecule is CCc1ccc(S(=O)(=O)NC(C)(C)CCO)cc1. The minimum atomic E-state index is -3.53. The third-order valence-corrected chi connectivity index (χ3v) is 4.50. The molecule has 1 aromatic carbocycles. The van der Waals surface area contributed by atoms with Crippen LogP contribution in [0.2, 0.25) is 0 Å². The van der Waals surface area contributed by atoms with Crippen molar-refractivity contribution in [3.05, 3.63) is 29.8 Å². The lowest BCUT2D eigenvalue weighted by Gasteiger charge is -2.25. The fraction of sp³-hybridized carbons (Fsp3) is 0.538. The summed E-state index contributed by atoms with van der Waals surface area (Å²) in [7, 11) is -3.53. The van der Waals surface area contributed by atoms with E-state index in [4.69, 9.17) is 5.11 Å². The normalized spacial score (nSPS) is 12.7. The van der Waals surface area contributed by atoms with Gasteiger partial charge in [0.1, 0.15) is 0 Å². The van der Waals surface area contributed by atoms with E-state index in [0.29, 0.717) is 6.42 Å². The molecule has 0 amide bonds. The van der Waals surface area contributed by atoms with E-state index in [2.05, 4.69) is 4.72 Å². The van der Waals surface area contributed by atoms with Gasteiger partial charge in [-0.2, -0.15) is 0 Å². The lowest BCUT2D eigenvalue weighted by atomic mass is 10.0. The molecule has 0 bridgehead atoms. The van der Waals surface area contributed by atoms with Crippen molar-refractivity contribution >= 4 is 10.0 Å². The number of nitrogens with one attached hydrogen (secondary N) is 1. The van der Waals surface area contributed by atoms with Crippen molar-refractivity contribution in [2.24, 2.45) is 0 Å². The largest absolute Gasteiger partial charge is 0.396 e. The summed E-state index contributed by atoms with van der Waals surface area (Å²) in [5, 5.41) is 8.90. The van der Waals surface area contributed by atoms with Gasteiger partial charge in [-0.1, -0.05) is 19.1 Å². The molecule has 0 heterocycles. The van der Waals surface area contributed by atoms with E-state index < -0.39 is 15.6 Å². The fourth-order valence-corrected chi connectivity index (χ4v) is 3.10. The molecule has 5 heteroatoms. The second-order valence-electron chi connectivity index (χ2n) is 4.96. The fourth-order valence-electron chi connectivity index (χ4n) is 1.66. The second kappa shape index (κ2) is 5.82. The van der Waals surface area contributed by atoms with Crippen LogP contribution in [0.15, 0.2) is 29.2 Å². The smallest absolute Gasteiger partial charge is 0.241 e. The van der Waals surface area contributed by atoms with E-state index in [9.17, 15) is 8.42 Å². The Hall–Kier alpha value is -0.910. The molecular weight excluding hydrogens is 250 g/mol. The Balaban J connectivity index is 2.92. The summed E-state index contributed by atoms with van der Waals surface area (Å²) in [5.41, 5.74) is 0.445. The van der Waals surface area contributed by atoms with E-state index in [0.717, 1.165) is 12.0 Å². The Morgan fingerprint density at radius 1 is 1.22 bits per heavy atom. The number of aryl methyl sites for hydroxylation is 1. The van der Waals surface area contributed by atoms with Crippen molar-refractivity contribution in [2.75, 3.05) is 6.61 Å². The molecule has 0 saturated heterocycles.